The van der Waals surface area contributed by atoms with E-state index in [4.69, 9.17) is 0 Å². The van der Waals surface area contributed by atoms with Crippen molar-refractivity contribution in [1.82, 2.24) is 13.9 Å². The Labute approximate surface area is 94.6 Å². The molecule has 1 atom stereocenters. The highest BCUT2D eigenvalue weighted by Gasteiger charge is 2.40. The van der Waals surface area contributed by atoms with Crippen LogP contribution in [0.5, 0.6) is 0 Å². The number of carbonyl (C=O) groups excluding carboxylic acids is 2. The molecule has 7 nitrogen and oxygen atoms in total. The van der Waals surface area contributed by atoms with Crippen molar-refractivity contribution in [3.05, 3.63) is 0 Å². The third-order valence-electron chi connectivity index (χ3n) is 2.36. The van der Waals surface area contributed by atoms with Gasteiger partial charge in [-0.05, 0) is 6.42 Å². The van der Waals surface area contributed by atoms with Crippen LogP contribution in [-0.4, -0.2) is 55.5 Å². The van der Waals surface area contributed by atoms with Gasteiger partial charge >= 0.3 is 0 Å². The minimum atomic E-state index is -3.74. The summed E-state index contributed by atoms with van der Waals surface area (Å²) in [6, 6.07) is -0.815. The fourth-order valence-corrected chi connectivity index (χ4v) is 2.75. The van der Waals surface area contributed by atoms with Crippen LogP contribution in [0.4, 0.5) is 0 Å². The molecule has 0 aromatic heterocycles. The summed E-state index contributed by atoms with van der Waals surface area (Å²) in [6.07, 6.45) is 0.326. The largest absolute Gasteiger partial charge is 0.294 e. The molecule has 1 fully saturated rings. The van der Waals surface area contributed by atoms with Crippen LogP contribution in [0, 0.1) is 0 Å². The highest BCUT2D eigenvalue weighted by molar-refractivity contribution is 7.86. The highest BCUT2D eigenvalue weighted by atomic mass is 32.2. The topological polar surface area (TPSA) is 86.8 Å². The quantitative estimate of drug-likeness (QED) is 0.619. The summed E-state index contributed by atoms with van der Waals surface area (Å²) in [6.45, 7) is 1.38. The first kappa shape index (κ1) is 13.1. The zero-order valence-corrected chi connectivity index (χ0v) is 10.2. The van der Waals surface area contributed by atoms with E-state index in [2.05, 4.69) is 5.32 Å². The second kappa shape index (κ2) is 4.48. The van der Waals surface area contributed by atoms with Crippen LogP contribution in [0.2, 0.25) is 0 Å². The Bertz CT molecular complexity index is 404. The molecule has 1 aliphatic rings. The van der Waals surface area contributed by atoms with E-state index in [-0.39, 0.29) is 6.54 Å². The normalized spacial score (nSPS) is 23.6. The Morgan fingerprint density at radius 1 is 1.44 bits per heavy atom. The summed E-state index contributed by atoms with van der Waals surface area (Å²) >= 11 is 0. The second-order valence-electron chi connectivity index (χ2n) is 3.67. The van der Waals surface area contributed by atoms with E-state index < -0.39 is 28.1 Å². The van der Waals surface area contributed by atoms with Gasteiger partial charge in [0.25, 0.3) is 10.2 Å². The molecule has 0 aliphatic carbocycles. The van der Waals surface area contributed by atoms with Gasteiger partial charge in [0.1, 0.15) is 6.04 Å². The van der Waals surface area contributed by atoms with Crippen LogP contribution in [0.1, 0.15) is 13.3 Å². The standard InChI is InChI=1S/C8H15N3O4S/c1-4-6-8(13)9-7(12)5-11(6)16(14,15)10(2)3/h6H,4-5H2,1-3H3,(H,9,12,13). The Kier molecular flexibility index (Phi) is 3.66. The molecule has 1 saturated heterocycles. The molecular weight excluding hydrogens is 234 g/mol. The summed E-state index contributed by atoms with van der Waals surface area (Å²) in [5, 5.41) is 2.12. The molecule has 0 bridgehead atoms. The Balaban J connectivity index is 3.09. The SMILES string of the molecule is CCC1C(=O)NC(=O)CN1S(=O)(=O)N(C)C. The average molecular weight is 249 g/mol. The molecule has 0 aromatic carbocycles. The number of carbonyl (C=O) groups is 2. The third-order valence-corrected chi connectivity index (χ3v) is 4.26. The molecule has 92 valence electrons. The molecule has 1 N–H and O–H groups in total. The van der Waals surface area contributed by atoms with Crippen molar-refractivity contribution in [1.29, 1.82) is 0 Å². The molecule has 2 amide bonds. The smallest absolute Gasteiger partial charge is 0.282 e. The average Bonchev–Trinajstić information content (AvgIpc) is 2.16. The van der Waals surface area contributed by atoms with E-state index in [9.17, 15) is 18.0 Å². The summed E-state index contributed by atoms with van der Waals surface area (Å²) < 4.78 is 25.6. The molecule has 0 spiro atoms. The number of hydrogen-bond donors (Lipinski definition) is 1. The molecule has 0 saturated carbocycles. The molecule has 1 aliphatic heterocycles. The molecule has 0 aromatic rings. The van der Waals surface area contributed by atoms with Gasteiger partial charge in [-0.25, -0.2) is 0 Å². The summed E-state index contributed by atoms with van der Waals surface area (Å²) in [5.74, 6) is -1.16. The number of imide groups is 1. The van der Waals surface area contributed by atoms with Crippen molar-refractivity contribution in [2.24, 2.45) is 0 Å². The molecule has 1 rings (SSSR count). The maximum Gasteiger partial charge on any atom is 0.282 e. The second-order valence-corrected chi connectivity index (χ2v) is 5.77. The maximum atomic E-state index is 11.9. The summed E-state index contributed by atoms with van der Waals surface area (Å²) in [4.78, 5) is 22.6. The van der Waals surface area contributed by atoms with Gasteiger partial charge in [-0.1, -0.05) is 6.92 Å². The van der Waals surface area contributed by atoms with Crippen LogP contribution in [0.15, 0.2) is 0 Å². The van der Waals surface area contributed by atoms with E-state index in [0.717, 1.165) is 8.61 Å². The fraction of sp³-hybridized carbons (Fsp3) is 0.750. The monoisotopic (exact) mass is 249 g/mol. The first-order valence-electron chi connectivity index (χ1n) is 4.83. The lowest BCUT2D eigenvalue weighted by molar-refractivity contribution is -0.137. The zero-order chi connectivity index (χ0) is 12.5. The van der Waals surface area contributed by atoms with Gasteiger partial charge in [0, 0.05) is 14.1 Å². The van der Waals surface area contributed by atoms with Crippen LogP contribution >= 0.6 is 0 Å². The van der Waals surface area contributed by atoms with Crippen LogP contribution in [-0.2, 0) is 19.8 Å². The highest BCUT2D eigenvalue weighted by Crippen LogP contribution is 2.15. The minimum Gasteiger partial charge on any atom is -0.294 e. The van der Waals surface area contributed by atoms with E-state index >= 15 is 0 Å². The molecule has 1 heterocycles. The van der Waals surface area contributed by atoms with Crippen molar-refractivity contribution in [3.63, 3.8) is 0 Å². The van der Waals surface area contributed by atoms with Gasteiger partial charge in [-0.3, -0.25) is 14.9 Å². The number of piperazine rings is 1. The lowest BCUT2D eigenvalue weighted by atomic mass is 10.2. The Morgan fingerprint density at radius 2 is 2.00 bits per heavy atom. The first-order chi connectivity index (χ1) is 7.30. The Hall–Kier alpha value is -0.990. The number of hydrogen-bond acceptors (Lipinski definition) is 4. The van der Waals surface area contributed by atoms with Crippen molar-refractivity contribution >= 4 is 22.0 Å². The number of nitrogens with zero attached hydrogens (tertiary/aromatic N) is 2. The maximum absolute atomic E-state index is 11.9. The first-order valence-corrected chi connectivity index (χ1v) is 6.23. The lowest BCUT2D eigenvalue weighted by Gasteiger charge is -2.33. The molecule has 1 unspecified atom stereocenters. The molecule has 8 heteroatoms. The Morgan fingerprint density at radius 3 is 2.44 bits per heavy atom. The van der Waals surface area contributed by atoms with Crippen molar-refractivity contribution < 1.29 is 18.0 Å². The van der Waals surface area contributed by atoms with Crippen molar-refractivity contribution in [2.75, 3.05) is 20.6 Å². The van der Waals surface area contributed by atoms with Gasteiger partial charge in [0.15, 0.2) is 0 Å². The molecular formula is C8H15N3O4S. The van der Waals surface area contributed by atoms with Gasteiger partial charge < -0.3 is 0 Å². The summed E-state index contributed by atoms with van der Waals surface area (Å²) in [5.41, 5.74) is 0. The van der Waals surface area contributed by atoms with Gasteiger partial charge in [0.05, 0.1) is 6.54 Å². The van der Waals surface area contributed by atoms with Gasteiger partial charge in [0.2, 0.25) is 11.8 Å². The zero-order valence-electron chi connectivity index (χ0n) is 9.43. The molecule has 16 heavy (non-hydrogen) atoms. The van der Waals surface area contributed by atoms with Gasteiger partial charge in [-0.15, -0.1) is 0 Å². The van der Waals surface area contributed by atoms with E-state index in [1.54, 1.807) is 6.92 Å². The number of amides is 2. The minimum absolute atomic E-state index is 0.315. The van der Waals surface area contributed by atoms with Crippen molar-refractivity contribution in [3.8, 4) is 0 Å². The summed E-state index contributed by atoms with van der Waals surface area (Å²) in [7, 11) is -1.02. The fourth-order valence-electron chi connectivity index (χ4n) is 1.48. The lowest BCUT2D eigenvalue weighted by Crippen LogP contribution is -2.61. The van der Waals surface area contributed by atoms with Crippen LogP contribution in [0.25, 0.3) is 0 Å². The molecule has 0 radical (unpaired) electrons. The van der Waals surface area contributed by atoms with Crippen molar-refractivity contribution in [2.45, 2.75) is 19.4 Å². The van der Waals surface area contributed by atoms with E-state index in [0.29, 0.717) is 6.42 Å². The number of nitrogens with one attached hydrogen (secondary N) is 1. The number of rotatable bonds is 3. The van der Waals surface area contributed by atoms with Crippen LogP contribution < -0.4 is 5.32 Å². The third kappa shape index (κ3) is 2.23. The van der Waals surface area contributed by atoms with E-state index in [1.807, 2.05) is 0 Å². The van der Waals surface area contributed by atoms with E-state index in [1.165, 1.54) is 14.1 Å². The van der Waals surface area contributed by atoms with Crippen LogP contribution in [0.3, 0.4) is 0 Å². The predicted octanol–water partition coefficient (Wildman–Crippen LogP) is -1.47. The van der Waals surface area contributed by atoms with Gasteiger partial charge in [-0.2, -0.15) is 17.0 Å². The predicted molar refractivity (Wildman–Crippen MR) is 56.5 cm³/mol.